The fourth-order valence-electron chi connectivity index (χ4n) is 2.45. The van der Waals surface area contributed by atoms with Crippen LogP contribution in [0.1, 0.15) is 32.1 Å². The first-order chi connectivity index (χ1) is 11.7. The molecule has 1 amide bonds. The summed E-state index contributed by atoms with van der Waals surface area (Å²) < 4.78 is 5.76. The molecule has 4 heteroatoms. The molecule has 0 saturated carbocycles. The van der Waals surface area contributed by atoms with Gasteiger partial charge in [-0.25, -0.2) is 0 Å². The van der Waals surface area contributed by atoms with Crippen LogP contribution in [0, 0.1) is 0 Å². The minimum Gasteiger partial charge on any atom is -0.457 e. The lowest BCUT2D eigenvalue weighted by Gasteiger charge is -2.18. The third-order valence-corrected chi connectivity index (χ3v) is 3.92. The van der Waals surface area contributed by atoms with Crippen molar-refractivity contribution >= 4 is 11.6 Å². The number of carbonyl (C=O) groups is 1. The standard InChI is InChI=1S/C20H26N2O2/c1-22(20(23)11-7-2-3-8-16-21)17-12-14-19(15-13-17)24-18-9-5-4-6-10-18/h4-6,9-10,12-15H,2-3,7-8,11,16,21H2,1H3. The zero-order chi connectivity index (χ0) is 17.2. The van der Waals surface area contributed by atoms with E-state index in [9.17, 15) is 4.79 Å². The lowest BCUT2D eigenvalue weighted by Crippen LogP contribution is -2.25. The van der Waals surface area contributed by atoms with Gasteiger partial charge < -0.3 is 15.4 Å². The van der Waals surface area contributed by atoms with Crippen LogP contribution in [0.5, 0.6) is 11.5 Å². The minimum atomic E-state index is 0.138. The first-order valence-corrected chi connectivity index (χ1v) is 8.50. The highest BCUT2D eigenvalue weighted by Gasteiger charge is 2.10. The molecule has 0 unspecified atom stereocenters. The number of carbonyl (C=O) groups excluding carboxylic acids is 1. The van der Waals surface area contributed by atoms with Gasteiger partial charge in [0.05, 0.1) is 0 Å². The summed E-state index contributed by atoms with van der Waals surface area (Å²) in [7, 11) is 1.81. The summed E-state index contributed by atoms with van der Waals surface area (Å²) in [4.78, 5) is 13.9. The van der Waals surface area contributed by atoms with Crippen LogP contribution in [0.15, 0.2) is 54.6 Å². The van der Waals surface area contributed by atoms with Crippen molar-refractivity contribution in [3.8, 4) is 11.5 Å². The minimum absolute atomic E-state index is 0.138. The second kappa shape index (κ2) is 9.73. The van der Waals surface area contributed by atoms with E-state index in [4.69, 9.17) is 10.5 Å². The summed E-state index contributed by atoms with van der Waals surface area (Å²) in [6.07, 6.45) is 4.67. The molecule has 4 nitrogen and oxygen atoms in total. The second-order valence-corrected chi connectivity index (χ2v) is 5.81. The quantitative estimate of drug-likeness (QED) is 0.697. The summed E-state index contributed by atoms with van der Waals surface area (Å²) >= 11 is 0. The van der Waals surface area contributed by atoms with E-state index >= 15 is 0 Å². The Labute approximate surface area is 144 Å². The van der Waals surface area contributed by atoms with Gasteiger partial charge in [0.15, 0.2) is 0 Å². The SMILES string of the molecule is CN(C(=O)CCCCCCN)c1ccc(Oc2ccccc2)cc1. The molecule has 0 aliphatic rings. The van der Waals surface area contributed by atoms with Gasteiger partial charge in [-0.05, 0) is 55.8 Å². The number of benzene rings is 2. The summed E-state index contributed by atoms with van der Waals surface area (Å²) in [5.41, 5.74) is 6.35. The predicted octanol–water partition coefficient (Wildman–Crippen LogP) is 4.35. The van der Waals surface area contributed by atoms with E-state index in [1.54, 1.807) is 4.90 Å². The fourth-order valence-corrected chi connectivity index (χ4v) is 2.45. The summed E-state index contributed by atoms with van der Waals surface area (Å²) in [5, 5.41) is 0. The van der Waals surface area contributed by atoms with Gasteiger partial charge in [0.25, 0.3) is 0 Å². The Balaban J connectivity index is 1.84. The van der Waals surface area contributed by atoms with Gasteiger partial charge in [-0.1, -0.05) is 31.0 Å². The third-order valence-electron chi connectivity index (χ3n) is 3.92. The molecule has 0 radical (unpaired) electrons. The van der Waals surface area contributed by atoms with Crippen molar-refractivity contribution in [2.45, 2.75) is 32.1 Å². The Hall–Kier alpha value is -2.33. The fraction of sp³-hybridized carbons (Fsp3) is 0.350. The van der Waals surface area contributed by atoms with Gasteiger partial charge in [-0.3, -0.25) is 4.79 Å². The van der Waals surface area contributed by atoms with Gasteiger partial charge in [-0.15, -0.1) is 0 Å². The normalized spacial score (nSPS) is 10.4. The van der Waals surface area contributed by atoms with Crippen molar-refractivity contribution in [1.82, 2.24) is 0 Å². The van der Waals surface area contributed by atoms with Gasteiger partial charge in [-0.2, -0.15) is 0 Å². The molecule has 2 N–H and O–H groups in total. The van der Waals surface area contributed by atoms with Gasteiger partial charge in [0, 0.05) is 19.2 Å². The molecular formula is C20H26N2O2. The zero-order valence-electron chi connectivity index (χ0n) is 14.3. The van der Waals surface area contributed by atoms with E-state index in [2.05, 4.69) is 0 Å². The Kier molecular flexibility index (Phi) is 7.30. The van der Waals surface area contributed by atoms with Gasteiger partial charge >= 0.3 is 0 Å². The largest absolute Gasteiger partial charge is 0.457 e. The second-order valence-electron chi connectivity index (χ2n) is 5.81. The van der Waals surface area contributed by atoms with Gasteiger partial charge in [0.2, 0.25) is 5.91 Å². The van der Waals surface area contributed by atoms with Crippen LogP contribution < -0.4 is 15.4 Å². The van der Waals surface area contributed by atoms with Crippen LogP contribution in [0.25, 0.3) is 0 Å². The number of nitrogens with zero attached hydrogens (tertiary/aromatic N) is 1. The van der Waals surface area contributed by atoms with Crippen molar-refractivity contribution in [1.29, 1.82) is 0 Å². The number of hydrogen-bond donors (Lipinski definition) is 1. The maximum atomic E-state index is 12.2. The number of nitrogens with two attached hydrogens (primary N) is 1. The number of unbranched alkanes of at least 4 members (excludes halogenated alkanes) is 3. The predicted molar refractivity (Wildman–Crippen MR) is 98.5 cm³/mol. The van der Waals surface area contributed by atoms with E-state index in [-0.39, 0.29) is 5.91 Å². The Morgan fingerprint density at radius 3 is 2.21 bits per heavy atom. The molecule has 0 heterocycles. The number of amides is 1. The smallest absolute Gasteiger partial charge is 0.226 e. The highest BCUT2D eigenvalue weighted by atomic mass is 16.5. The van der Waals surface area contributed by atoms with E-state index in [0.29, 0.717) is 6.42 Å². The molecule has 0 atom stereocenters. The van der Waals surface area contributed by atoms with Crippen molar-refractivity contribution < 1.29 is 9.53 Å². The number of ether oxygens (including phenoxy) is 1. The maximum absolute atomic E-state index is 12.2. The molecule has 2 aromatic rings. The summed E-state index contributed by atoms with van der Waals surface area (Å²) in [6.45, 7) is 0.727. The molecule has 128 valence electrons. The number of hydrogen-bond acceptors (Lipinski definition) is 3. The van der Waals surface area contributed by atoms with Crippen LogP contribution >= 0.6 is 0 Å². The topological polar surface area (TPSA) is 55.6 Å². The first kappa shape index (κ1) is 18.0. The molecule has 0 aliphatic heterocycles. The number of anilines is 1. The van der Waals surface area contributed by atoms with Crippen LogP contribution in [-0.4, -0.2) is 19.5 Å². The average Bonchev–Trinajstić information content (AvgIpc) is 2.62. The van der Waals surface area contributed by atoms with E-state index in [1.807, 2.05) is 61.6 Å². The van der Waals surface area contributed by atoms with E-state index in [1.165, 1.54) is 0 Å². The molecule has 0 aromatic heterocycles. The molecule has 0 saturated heterocycles. The van der Waals surface area contributed by atoms with E-state index in [0.717, 1.165) is 49.4 Å². The Morgan fingerprint density at radius 2 is 1.54 bits per heavy atom. The van der Waals surface area contributed by atoms with Crippen molar-refractivity contribution in [3.63, 3.8) is 0 Å². The first-order valence-electron chi connectivity index (χ1n) is 8.50. The average molecular weight is 326 g/mol. The van der Waals surface area contributed by atoms with Crippen LogP contribution in [0.4, 0.5) is 5.69 Å². The molecule has 0 aliphatic carbocycles. The number of rotatable bonds is 9. The molecular weight excluding hydrogens is 300 g/mol. The van der Waals surface area contributed by atoms with Crippen LogP contribution in [0.3, 0.4) is 0 Å². The molecule has 0 bridgehead atoms. The molecule has 0 spiro atoms. The summed E-state index contributed by atoms with van der Waals surface area (Å²) in [6, 6.07) is 17.2. The van der Waals surface area contributed by atoms with Crippen molar-refractivity contribution in [2.24, 2.45) is 5.73 Å². The highest BCUT2D eigenvalue weighted by molar-refractivity contribution is 5.92. The highest BCUT2D eigenvalue weighted by Crippen LogP contribution is 2.24. The van der Waals surface area contributed by atoms with Crippen molar-refractivity contribution in [3.05, 3.63) is 54.6 Å². The molecule has 24 heavy (non-hydrogen) atoms. The molecule has 0 fully saturated rings. The number of para-hydroxylation sites is 1. The Morgan fingerprint density at radius 1 is 0.917 bits per heavy atom. The molecule has 2 rings (SSSR count). The monoisotopic (exact) mass is 326 g/mol. The van der Waals surface area contributed by atoms with Crippen LogP contribution in [-0.2, 0) is 4.79 Å². The third kappa shape index (κ3) is 5.70. The molecule has 2 aromatic carbocycles. The zero-order valence-corrected chi connectivity index (χ0v) is 14.3. The Bertz CT molecular complexity index is 611. The van der Waals surface area contributed by atoms with Crippen LogP contribution in [0.2, 0.25) is 0 Å². The van der Waals surface area contributed by atoms with E-state index < -0.39 is 0 Å². The lowest BCUT2D eigenvalue weighted by molar-refractivity contribution is -0.118. The summed E-state index contributed by atoms with van der Waals surface area (Å²) in [5.74, 6) is 1.69. The lowest BCUT2D eigenvalue weighted by atomic mass is 10.1. The maximum Gasteiger partial charge on any atom is 0.226 e. The van der Waals surface area contributed by atoms with Gasteiger partial charge in [0.1, 0.15) is 11.5 Å². The van der Waals surface area contributed by atoms with Crippen molar-refractivity contribution in [2.75, 3.05) is 18.5 Å².